The molecule has 0 heterocycles. The van der Waals surface area contributed by atoms with E-state index in [4.69, 9.17) is 0 Å². The maximum absolute atomic E-state index is 3.78. The molecule has 11 heavy (non-hydrogen) atoms. The van der Waals surface area contributed by atoms with Gasteiger partial charge < -0.3 is 18.1 Å². The second-order valence-electron chi connectivity index (χ2n) is 2.02. The summed E-state index contributed by atoms with van der Waals surface area (Å²) >= 11 is 1.86. The molecule has 0 unspecified atom stereocenters. The average molecular weight is 190 g/mol. The fourth-order valence-corrected chi connectivity index (χ4v) is 1.44. The molecule has 0 saturated heterocycles. The van der Waals surface area contributed by atoms with Crippen molar-refractivity contribution in [3.05, 3.63) is 30.3 Å². The summed E-state index contributed by atoms with van der Waals surface area (Å²) in [4.78, 5) is 1.34. The third-order valence-electron chi connectivity index (χ3n) is 1.16. The van der Waals surface area contributed by atoms with E-state index in [2.05, 4.69) is 30.0 Å². The van der Waals surface area contributed by atoms with Gasteiger partial charge in [-0.15, -0.1) is 11.8 Å². The van der Waals surface area contributed by atoms with Crippen LogP contribution in [0, 0.1) is 0 Å². The summed E-state index contributed by atoms with van der Waals surface area (Å²) in [7, 11) is 0. The topological polar surface area (TPSA) is 27.6 Å². The number of halogens is 1. The van der Waals surface area contributed by atoms with Gasteiger partial charge in [-0.25, -0.2) is 0 Å². The fraction of sp³-hybridized carbons (Fsp3) is 0.250. The lowest BCUT2D eigenvalue weighted by Gasteiger charge is -1.95. The lowest BCUT2D eigenvalue weighted by molar-refractivity contribution is -0.360. The van der Waals surface area contributed by atoms with E-state index in [-0.39, 0.29) is 12.4 Å². The van der Waals surface area contributed by atoms with E-state index in [0.717, 1.165) is 12.3 Å². The van der Waals surface area contributed by atoms with E-state index in [9.17, 15) is 0 Å². The van der Waals surface area contributed by atoms with Crippen LogP contribution >= 0.6 is 11.8 Å². The van der Waals surface area contributed by atoms with Crippen molar-refractivity contribution in [1.29, 1.82) is 0 Å². The van der Waals surface area contributed by atoms with E-state index < -0.39 is 0 Å². The average Bonchev–Trinajstić information content (AvgIpc) is 2.03. The molecule has 0 aromatic heterocycles. The molecule has 0 atom stereocenters. The molecule has 0 fully saturated rings. The maximum Gasteiger partial charge on any atom is 0.0835 e. The van der Waals surface area contributed by atoms with Crippen molar-refractivity contribution in [3.63, 3.8) is 0 Å². The van der Waals surface area contributed by atoms with Crippen molar-refractivity contribution in [1.82, 2.24) is 0 Å². The summed E-state index contributed by atoms with van der Waals surface area (Å²) in [6.45, 7) is 1.000. The monoisotopic (exact) mass is 189 g/mol. The zero-order valence-electron chi connectivity index (χ0n) is 6.29. The first-order valence-electron chi connectivity index (χ1n) is 3.40. The van der Waals surface area contributed by atoms with Crippen molar-refractivity contribution in [2.45, 2.75) is 4.90 Å². The molecule has 62 valence electrons. The Hall–Kier alpha value is -0.180. The Labute approximate surface area is 77.8 Å². The van der Waals surface area contributed by atoms with Crippen LogP contribution in [0.4, 0.5) is 0 Å². The summed E-state index contributed by atoms with van der Waals surface area (Å²) in [6, 6.07) is 10.4. The van der Waals surface area contributed by atoms with Crippen molar-refractivity contribution >= 4 is 11.8 Å². The predicted molar refractivity (Wildman–Crippen MR) is 44.9 cm³/mol. The molecule has 0 aliphatic rings. The van der Waals surface area contributed by atoms with E-state index in [1.54, 1.807) is 0 Å². The number of thioether (sulfide) groups is 1. The summed E-state index contributed by atoms with van der Waals surface area (Å²) < 4.78 is 0. The van der Waals surface area contributed by atoms with Gasteiger partial charge in [-0.05, 0) is 12.1 Å². The molecule has 3 N–H and O–H groups in total. The molecule has 1 nitrogen and oxygen atoms in total. The zero-order chi connectivity index (χ0) is 7.23. The quantitative estimate of drug-likeness (QED) is 0.549. The van der Waals surface area contributed by atoms with E-state index in [1.165, 1.54) is 4.90 Å². The van der Waals surface area contributed by atoms with Crippen LogP contribution in [-0.2, 0) is 0 Å². The Morgan fingerprint density at radius 2 is 1.82 bits per heavy atom. The van der Waals surface area contributed by atoms with Crippen LogP contribution in [0.3, 0.4) is 0 Å². The van der Waals surface area contributed by atoms with Gasteiger partial charge in [0.2, 0.25) is 0 Å². The summed E-state index contributed by atoms with van der Waals surface area (Å²) in [5.41, 5.74) is 3.78. The normalized spacial score (nSPS) is 8.82. The minimum absolute atomic E-state index is 0. The molecule has 0 aliphatic heterocycles. The van der Waals surface area contributed by atoms with Crippen LogP contribution in [0.25, 0.3) is 0 Å². The highest BCUT2D eigenvalue weighted by molar-refractivity contribution is 7.99. The Morgan fingerprint density at radius 1 is 1.18 bits per heavy atom. The SMILES string of the molecule is [Cl-].[NH3+]CCSc1ccccc1. The molecule has 0 bridgehead atoms. The predicted octanol–water partition coefficient (Wildman–Crippen LogP) is -1.98. The first kappa shape index (κ1) is 10.8. The van der Waals surface area contributed by atoms with Crippen LogP contribution in [0.5, 0.6) is 0 Å². The second-order valence-corrected chi connectivity index (χ2v) is 3.18. The van der Waals surface area contributed by atoms with Gasteiger partial charge in [0.15, 0.2) is 0 Å². The third kappa shape index (κ3) is 4.30. The largest absolute Gasteiger partial charge is 1.00 e. The molecule has 0 spiro atoms. The van der Waals surface area contributed by atoms with Crippen molar-refractivity contribution in [2.24, 2.45) is 0 Å². The zero-order valence-corrected chi connectivity index (χ0v) is 7.87. The first-order chi connectivity index (χ1) is 4.93. The maximum atomic E-state index is 3.78. The first-order valence-corrected chi connectivity index (χ1v) is 4.39. The van der Waals surface area contributed by atoms with E-state index >= 15 is 0 Å². The Kier molecular flexibility index (Phi) is 6.42. The number of rotatable bonds is 3. The fourth-order valence-electron chi connectivity index (χ4n) is 0.707. The van der Waals surface area contributed by atoms with Gasteiger partial charge in [-0.2, -0.15) is 0 Å². The van der Waals surface area contributed by atoms with Crippen molar-refractivity contribution in [2.75, 3.05) is 12.3 Å². The number of hydrogen-bond acceptors (Lipinski definition) is 1. The van der Waals surface area contributed by atoms with Gasteiger partial charge in [0.05, 0.1) is 6.54 Å². The van der Waals surface area contributed by atoms with Crippen LogP contribution < -0.4 is 18.1 Å². The lowest BCUT2D eigenvalue weighted by Crippen LogP contribution is -3.00. The van der Waals surface area contributed by atoms with Gasteiger partial charge in [-0.1, -0.05) is 18.2 Å². The molecule has 3 heteroatoms. The molecular formula is C8H12ClNS. The van der Waals surface area contributed by atoms with Crippen LogP contribution in [0.1, 0.15) is 0 Å². The van der Waals surface area contributed by atoms with Crippen molar-refractivity contribution < 1.29 is 18.1 Å². The van der Waals surface area contributed by atoms with E-state index in [0.29, 0.717) is 0 Å². The number of benzene rings is 1. The van der Waals surface area contributed by atoms with E-state index in [1.807, 2.05) is 17.8 Å². The second kappa shape index (κ2) is 6.53. The Balaban J connectivity index is 0.000001000. The molecule has 0 amide bonds. The van der Waals surface area contributed by atoms with Gasteiger partial charge in [0.25, 0.3) is 0 Å². The van der Waals surface area contributed by atoms with Crippen LogP contribution in [-0.4, -0.2) is 12.3 Å². The van der Waals surface area contributed by atoms with Crippen LogP contribution in [0.15, 0.2) is 35.2 Å². The van der Waals surface area contributed by atoms with Crippen LogP contribution in [0.2, 0.25) is 0 Å². The Morgan fingerprint density at radius 3 is 2.36 bits per heavy atom. The smallest absolute Gasteiger partial charge is 0.0835 e. The number of quaternary nitrogens is 1. The lowest BCUT2D eigenvalue weighted by atomic mass is 10.4. The summed E-state index contributed by atoms with van der Waals surface area (Å²) in [5, 5.41) is 0. The Bertz CT molecular complexity index is 179. The minimum Gasteiger partial charge on any atom is -1.00 e. The highest BCUT2D eigenvalue weighted by Gasteiger charge is 1.89. The molecule has 1 aromatic rings. The third-order valence-corrected chi connectivity index (χ3v) is 2.25. The highest BCUT2D eigenvalue weighted by Crippen LogP contribution is 2.14. The summed E-state index contributed by atoms with van der Waals surface area (Å²) in [5.74, 6) is 1.12. The molecule has 0 aliphatic carbocycles. The molecule has 1 rings (SSSR count). The number of hydrogen-bond donors (Lipinski definition) is 1. The molecule has 1 aromatic carbocycles. The molecule has 0 radical (unpaired) electrons. The van der Waals surface area contributed by atoms with Gasteiger partial charge >= 0.3 is 0 Å². The standard InChI is InChI=1S/C8H11NS.ClH/c9-6-7-10-8-4-2-1-3-5-8;/h1-5H,6-7,9H2;1H. The highest BCUT2D eigenvalue weighted by atomic mass is 35.5. The minimum atomic E-state index is 0. The van der Waals surface area contributed by atoms with Crippen molar-refractivity contribution in [3.8, 4) is 0 Å². The molecular weight excluding hydrogens is 178 g/mol. The van der Waals surface area contributed by atoms with Gasteiger partial charge in [0, 0.05) is 10.6 Å². The van der Waals surface area contributed by atoms with Gasteiger partial charge in [0.1, 0.15) is 0 Å². The molecule has 0 saturated carbocycles. The van der Waals surface area contributed by atoms with Gasteiger partial charge in [-0.3, -0.25) is 0 Å². The summed E-state index contributed by atoms with van der Waals surface area (Å²) in [6.07, 6.45) is 0.